The Labute approximate surface area is 177 Å². The highest BCUT2D eigenvalue weighted by molar-refractivity contribution is 6.11. The number of hydrogen-bond acceptors (Lipinski definition) is 2. The van der Waals surface area contributed by atoms with Crippen LogP contribution in [0.3, 0.4) is 0 Å². The SMILES string of the molecule is C=C1c2ccccc2C(=O)N1CC(=O)N(c1ccc2[nH]ccc2c1)C(C)CC(C)C. The molecule has 5 heteroatoms. The Morgan fingerprint density at radius 1 is 1.10 bits per heavy atom. The number of nitrogens with one attached hydrogen (secondary N) is 1. The van der Waals surface area contributed by atoms with Crippen LogP contribution < -0.4 is 4.90 Å². The third-order valence-electron chi connectivity index (χ3n) is 5.67. The highest BCUT2D eigenvalue weighted by Crippen LogP contribution is 2.32. The number of benzene rings is 2. The van der Waals surface area contributed by atoms with Crippen LogP contribution in [0.1, 0.15) is 43.1 Å². The predicted octanol–water partition coefficient (Wildman–Crippen LogP) is 5.06. The topological polar surface area (TPSA) is 56.4 Å². The van der Waals surface area contributed by atoms with Gasteiger partial charge in [-0.2, -0.15) is 0 Å². The number of aromatic nitrogens is 1. The molecule has 2 amide bonds. The van der Waals surface area contributed by atoms with Crippen molar-refractivity contribution < 1.29 is 9.59 Å². The number of hydrogen-bond donors (Lipinski definition) is 1. The molecule has 0 saturated carbocycles. The van der Waals surface area contributed by atoms with E-state index in [1.807, 2.05) is 53.6 Å². The van der Waals surface area contributed by atoms with E-state index in [4.69, 9.17) is 0 Å². The molecule has 0 radical (unpaired) electrons. The average molecular weight is 402 g/mol. The van der Waals surface area contributed by atoms with Gasteiger partial charge in [0.15, 0.2) is 0 Å². The van der Waals surface area contributed by atoms with Crippen LogP contribution in [-0.2, 0) is 4.79 Å². The molecule has 0 bridgehead atoms. The van der Waals surface area contributed by atoms with Crippen molar-refractivity contribution >= 4 is 34.1 Å². The van der Waals surface area contributed by atoms with Gasteiger partial charge in [0.1, 0.15) is 6.54 Å². The van der Waals surface area contributed by atoms with E-state index in [0.717, 1.165) is 28.6 Å². The summed E-state index contributed by atoms with van der Waals surface area (Å²) in [5, 5.41) is 1.05. The Morgan fingerprint density at radius 2 is 1.83 bits per heavy atom. The van der Waals surface area contributed by atoms with E-state index >= 15 is 0 Å². The molecule has 154 valence electrons. The van der Waals surface area contributed by atoms with E-state index in [1.54, 1.807) is 6.07 Å². The molecule has 0 aliphatic carbocycles. The number of fused-ring (bicyclic) bond motifs is 2. The van der Waals surface area contributed by atoms with Crippen molar-refractivity contribution in [2.75, 3.05) is 11.4 Å². The molecule has 0 saturated heterocycles. The molecule has 2 aromatic carbocycles. The van der Waals surface area contributed by atoms with Crippen LogP contribution in [0.25, 0.3) is 16.6 Å². The highest BCUT2D eigenvalue weighted by Gasteiger charge is 2.34. The van der Waals surface area contributed by atoms with Gasteiger partial charge in [0.05, 0.1) is 0 Å². The van der Waals surface area contributed by atoms with E-state index in [9.17, 15) is 9.59 Å². The van der Waals surface area contributed by atoms with Gasteiger partial charge in [-0.3, -0.25) is 14.5 Å². The van der Waals surface area contributed by atoms with E-state index in [-0.39, 0.29) is 24.4 Å². The monoisotopic (exact) mass is 401 g/mol. The number of H-pyrrole nitrogens is 1. The van der Waals surface area contributed by atoms with Crippen molar-refractivity contribution in [3.05, 3.63) is 72.4 Å². The van der Waals surface area contributed by atoms with Crippen LogP contribution >= 0.6 is 0 Å². The Kier molecular flexibility index (Phi) is 5.20. The second-order valence-corrected chi connectivity index (χ2v) is 8.38. The summed E-state index contributed by atoms with van der Waals surface area (Å²) in [6.45, 7) is 10.4. The summed E-state index contributed by atoms with van der Waals surface area (Å²) < 4.78 is 0. The predicted molar refractivity (Wildman–Crippen MR) is 121 cm³/mol. The van der Waals surface area contributed by atoms with E-state index in [2.05, 4.69) is 32.3 Å². The van der Waals surface area contributed by atoms with Crippen molar-refractivity contribution in [2.24, 2.45) is 5.92 Å². The zero-order chi connectivity index (χ0) is 21.4. The number of anilines is 1. The third kappa shape index (κ3) is 3.52. The molecule has 1 N–H and O–H groups in total. The summed E-state index contributed by atoms with van der Waals surface area (Å²) in [7, 11) is 0. The smallest absolute Gasteiger partial charge is 0.259 e. The summed E-state index contributed by atoms with van der Waals surface area (Å²) in [6.07, 6.45) is 2.76. The van der Waals surface area contributed by atoms with Gasteiger partial charge >= 0.3 is 0 Å². The summed E-state index contributed by atoms with van der Waals surface area (Å²) in [5.74, 6) is 0.167. The first kappa shape index (κ1) is 20.0. The largest absolute Gasteiger partial charge is 0.361 e. The van der Waals surface area contributed by atoms with Crippen LogP contribution in [0.2, 0.25) is 0 Å². The van der Waals surface area contributed by atoms with Crippen LogP contribution in [0.5, 0.6) is 0 Å². The molecule has 0 fully saturated rings. The molecule has 4 rings (SSSR count). The fraction of sp³-hybridized carbons (Fsp3) is 0.280. The molecule has 1 aliphatic rings. The van der Waals surface area contributed by atoms with Gasteiger partial charge in [0, 0.05) is 45.7 Å². The van der Waals surface area contributed by atoms with Crippen LogP contribution in [-0.4, -0.2) is 34.3 Å². The molecule has 1 aromatic heterocycles. The van der Waals surface area contributed by atoms with Crippen molar-refractivity contribution in [1.82, 2.24) is 9.88 Å². The van der Waals surface area contributed by atoms with E-state index in [0.29, 0.717) is 17.2 Å². The molecule has 2 heterocycles. The number of aromatic amines is 1. The van der Waals surface area contributed by atoms with Crippen molar-refractivity contribution in [1.29, 1.82) is 0 Å². The second-order valence-electron chi connectivity index (χ2n) is 8.38. The Balaban J connectivity index is 1.64. The first-order chi connectivity index (χ1) is 14.4. The van der Waals surface area contributed by atoms with E-state index in [1.165, 1.54) is 4.90 Å². The average Bonchev–Trinajstić information content (AvgIpc) is 3.26. The summed E-state index contributed by atoms with van der Waals surface area (Å²) in [6, 6.07) is 15.3. The maximum atomic E-state index is 13.5. The molecule has 30 heavy (non-hydrogen) atoms. The molecular weight excluding hydrogens is 374 g/mol. The number of nitrogens with zero attached hydrogens (tertiary/aromatic N) is 2. The lowest BCUT2D eigenvalue weighted by Crippen LogP contribution is -2.45. The maximum Gasteiger partial charge on any atom is 0.259 e. The first-order valence-electron chi connectivity index (χ1n) is 10.4. The van der Waals surface area contributed by atoms with Crippen LogP contribution in [0, 0.1) is 5.92 Å². The lowest BCUT2D eigenvalue weighted by molar-refractivity contribution is -0.119. The lowest BCUT2D eigenvalue weighted by Gasteiger charge is -2.32. The van der Waals surface area contributed by atoms with Gasteiger partial charge in [-0.15, -0.1) is 0 Å². The number of carbonyl (C=O) groups excluding carboxylic acids is 2. The van der Waals surface area contributed by atoms with Crippen molar-refractivity contribution in [2.45, 2.75) is 33.2 Å². The van der Waals surface area contributed by atoms with Gasteiger partial charge in [0.2, 0.25) is 5.91 Å². The Bertz CT molecular complexity index is 1090. The van der Waals surface area contributed by atoms with E-state index < -0.39 is 0 Å². The number of rotatable bonds is 6. The molecular formula is C25H27N3O2. The zero-order valence-corrected chi connectivity index (χ0v) is 17.7. The minimum atomic E-state index is -0.165. The van der Waals surface area contributed by atoms with Crippen molar-refractivity contribution in [3.8, 4) is 0 Å². The molecule has 1 unspecified atom stereocenters. The van der Waals surface area contributed by atoms with Gasteiger partial charge in [-0.05, 0) is 49.6 Å². The van der Waals surface area contributed by atoms with Crippen LogP contribution in [0.4, 0.5) is 5.69 Å². The lowest BCUT2D eigenvalue weighted by atomic mass is 10.0. The third-order valence-corrected chi connectivity index (χ3v) is 5.67. The number of amides is 2. The minimum absolute atomic E-state index is 0.00207. The normalized spacial score (nSPS) is 14.5. The molecule has 0 spiro atoms. The van der Waals surface area contributed by atoms with Gasteiger partial charge in [-0.1, -0.05) is 38.6 Å². The van der Waals surface area contributed by atoms with Gasteiger partial charge in [0.25, 0.3) is 5.91 Å². The van der Waals surface area contributed by atoms with Crippen LogP contribution in [0.15, 0.2) is 61.3 Å². The van der Waals surface area contributed by atoms with Gasteiger partial charge < -0.3 is 9.88 Å². The summed E-state index contributed by atoms with van der Waals surface area (Å²) in [5.41, 5.74) is 3.86. The number of carbonyl (C=O) groups is 2. The standard InChI is InChI=1S/C25H27N3O2/c1-16(2)13-17(3)28(20-9-10-23-19(14-20)11-12-26-23)24(29)15-27-18(4)21-7-5-6-8-22(21)25(27)30/h5-12,14,16-17,26H,4,13,15H2,1-3H3. The molecule has 3 aromatic rings. The first-order valence-corrected chi connectivity index (χ1v) is 10.4. The Morgan fingerprint density at radius 3 is 2.53 bits per heavy atom. The fourth-order valence-electron chi connectivity index (χ4n) is 4.34. The Hall–Kier alpha value is -3.34. The molecule has 1 atom stereocenters. The summed E-state index contributed by atoms with van der Waals surface area (Å²) in [4.78, 5) is 32.9. The molecule has 1 aliphatic heterocycles. The highest BCUT2D eigenvalue weighted by atomic mass is 16.2. The molecule has 5 nitrogen and oxygen atoms in total. The quantitative estimate of drug-likeness (QED) is 0.627. The minimum Gasteiger partial charge on any atom is -0.361 e. The van der Waals surface area contributed by atoms with Crippen molar-refractivity contribution in [3.63, 3.8) is 0 Å². The summed E-state index contributed by atoms with van der Waals surface area (Å²) >= 11 is 0. The maximum absolute atomic E-state index is 13.5. The second kappa shape index (κ2) is 7.82. The zero-order valence-electron chi connectivity index (χ0n) is 17.7. The van der Waals surface area contributed by atoms with Gasteiger partial charge in [-0.25, -0.2) is 0 Å². The fourth-order valence-corrected chi connectivity index (χ4v) is 4.34.